The minimum absolute atomic E-state index is 0.305. The molecule has 1 heterocycles. The number of aliphatic hydroxyl groups is 1. The Morgan fingerprint density at radius 2 is 2.11 bits per heavy atom. The summed E-state index contributed by atoms with van der Waals surface area (Å²) in [5.74, 6) is -0.00814. The van der Waals surface area contributed by atoms with E-state index in [9.17, 15) is 9.50 Å². The van der Waals surface area contributed by atoms with Crippen molar-refractivity contribution in [2.24, 2.45) is 0 Å². The molecule has 94 valence electrons. The van der Waals surface area contributed by atoms with E-state index in [0.29, 0.717) is 22.0 Å². The van der Waals surface area contributed by atoms with Gasteiger partial charge in [0.1, 0.15) is 11.9 Å². The maximum atomic E-state index is 13.1. The highest BCUT2D eigenvalue weighted by molar-refractivity contribution is 6.31. The lowest BCUT2D eigenvalue weighted by atomic mass is 10.0. The SMILES string of the molecule is COc1ccc(C(O)c2cc(F)ccc2Cl)cn1. The van der Waals surface area contributed by atoms with Gasteiger partial charge in [-0.2, -0.15) is 0 Å². The monoisotopic (exact) mass is 267 g/mol. The Bertz CT molecular complexity index is 545. The molecular weight excluding hydrogens is 257 g/mol. The largest absolute Gasteiger partial charge is 0.481 e. The molecule has 0 amide bonds. The van der Waals surface area contributed by atoms with Crippen LogP contribution in [-0.2, 0) is 0 Å². The summed E-state index contributed by atoms with van der Waals surface area (Å²) in [4.78, 5) is 3.98. The van der Waals surface area contributed by atoms with E-state index in [0.717, 1.165) is 0 Å². The summed E-state index contributed by atoms with van der Waals surface area (Å²) in [6, 6.07) is 7.12. The van der Waals surface area contributed by atoms with Crippen LogP contribution < -0.4 is 4.74 Å². The zero-order chi connectivity index (χ0) is 13.1. The number of benzene rings is 1. The molecule has 2 aromatic rings. The van der Waals surface area contributed by atoms with Gasteiger partial charge >= 0.3 is 0 Å². The highest BCUT2D eigenvalue weighted by Crippen LogP contribution is 2.29. The van der Waals surface area contributed by atoms with Crippen LogP contribution >= 0.6 is 11.6 Å². The van der Waals surface area contributed by atoms with Crippen molar-refractivity contribution in [3.05, 3.63) is 58.5 Å². The number of methoxy groups -OCH3 is 1. The molecule has 0 aliphatic rings. The molecular formula is C13H11ClFNO2. The molecule has 5 heteroatoms. The third kappa shape index (κ3) is 2.60. The molecule has 1 N–H and O–H groups in total. The molecule has 0 bridgehead atoms. The van der Waals surface area contributed by atoms with Gasteiger partial charge < -0.3 is 9.84 Å². The molecule has 1 atom stereocenters. The summed E-state index contributed by atoms with van der Waals surface area (Å²) in [5, 5.41) is 10.4. The average Bonchev–Trinajstić information content (AvgIpc) is 2.41. The lowest BCUT2D eigenvalue weighted by Gasteiger charge is -2.13. The molecule has 1 unspecified atom stereocenters. The van der Waals surface area contributed by atoms with Crippen LogP contribution in [0, 0.1) is 5.82 Å². The number of ether oxygens (including phenoxy) is 1. The van der Waals surface area contributed by atoms with Gasteiger partial charge in [-0.3, -0.25) is 0 Å². The van der Waals surface area contributed by atoms with E-state index in [1.165, 1.54) is 31.5 Å². The van der Waals surface area contributed by atoms with Crippen molar-refractivity contribution in [2.45, 2.75) is 6.10 Å². The van der Waals surface area contributed by atoms with Crippen LogP contribution in [0.4, 0.5) is 4.39 Å². The van der Waals surface area contributed by atoms with E-state index in [2.05, 4.69) is 4.98 Å². The van der Waals surface area contributed by atoms with E-state index in [-0.39, 0.29) is 0 Å². The van der Waals surface area contributed by atoms with E-state index < -0.39 is 11.9 Å². The average molecular weight is 268 g/mol. The zero-order valence-electron chi connectivity index (χ0n) is 9.60. The molecule has 2 rings (SSSR count). The maximum Gasteiger partial charge on any atom is 0.212 e. The lowest BCUT2D eigenvalue weighted by molar-refractivity contribution is 0.219. The van der Waals surface area contributed by atoms with Crippen molar-refractivity contribution in [3.63, 3.8) is 0 Å². The predicted molar refractivity (Wildman–Crippen MR) is 66.3 cm³/mol. The van der Waals surface area contributed by atoms with Gasteiger partial charge in [0, 0.05) is 28.4 Å². The zero-order valence-corrected chi connectivity index (χ0v) is 10.4. The molecule has 0 saturated heterocycles. The molecule has 0 radical (unpaired) electrons. The van der Waals surface area contributed by atoms with Gasteiger partial charge in [0.25, 0.3) is 0 Å². The number of nitrogens with zero attached hydrogens (tertiary/aromatic N) is 1. The van der Waals surface area contributed by atoms with Crippen molar-refractivity contribution < 1.29 is 14.2 Å². The summed E-state index contributed by atoms with van der Waals surface area (Å²) < 4.78 is 18.1. The molecule has 3 nitrogen and oxygen atoms in total. The summed E-state index contributed by atoms with van der Waals surface area (Å²) in [6.07, 6.45) is 0.441. The van der Waals surface area contributed by atoms with Crippen molar-refractivity contribution >= 4 is 11.6 Å². The van der Waals surface area contributed by atoms with Crippen LogP contribution in [-0.4, -0.2) is 17.2 Å². The molecule has 0 fully saturated rings. The van der Waals surface area contributed by atoms with E-state index in [4.69, 9.17) is 16.3 Å². The van der Waals surface area contributed by atoms with E-state index in [1.807, 2.05) is 0 Å². The van der Waals surface area contributed by atoms with Gasteiger partial charge in [0.05, 0.1) is 7.11 Å². The second-order valence-electron chi connectivity index (χ2n) is 3.70. The number of rotatable bonds is 3. The Balaban J connectivity index is 2.34. The highest BCUT2D eigenvalue weighted by Gasteiger charge is 2.15. The third-order valence-electron chi connectivity index (χ3n) is 2.54. The molecule has 18 heavy (non-hydrogen) atoms. The quantitative estimate of drug-likeness (QED) is 0.930. The summed E-state index contributed by atoms with van der Waals surface area (Å²) in [5.41, 5.74) is 0.826. The Labute approximate surface area is 109 Å². The van der Waals surface area contributed by atoms with E-state index in [1.54, 1.807) is 12.1 Å². The van der Waals surface area contributed by atoms with Gasteiger partial charge in [0.15, 0.2) is 0 Å². The smallest absolute Gasteiger partial charge is 0.212 e. The lowest BCUT2D eigenvalue weighted by Crippen LogP contribution is -2.02. The van der Waals surface area contributed by atoms with Crippen LogP contribution in [0.25, 0.3) is 0 Å². The fraction of sp³-hybridized carbons (Fsp3) is 0.154. The topological polar surface area (TPSA) is 42.4 Å². The molecule has 1 aromatic carbocycles. The highest BCUT2D eigenvalue weighted by atomic mass is 35.5. The van der Waals surface area contributed by atoms with Crippen LogP contribution in [0.1, 0.15) is 17.2 Å². The van der Waals surface area contributed by atoms with Crippen molar-refractivity contribution in [1.82, 2.24) is 4.98 Å². The van der Waals surface area contributed by atoms with Gasteiger partial charge in [-0.1, -0.05) is 11.6 Å². The molecule has 0 aliphatic carbocycles. The molecule has 0 spiro atoms. The summed E-state index contributed by atoms with van der Waals surface area (Å²) >= 11 is 5.93. The minimum atomic E-state index is -1.02. The van der Waals surface area contributed by atoms with Crippen LogP contribution in [0.5, 0.6) is 5.88 Å². The molecule has 1 aromatic heterocycles. The second-order valence-corrected chi connectivity index (χ2v) is 4.11. The van der Waals surface area contributed by atoms with Crippen LogP contribution in [0.2, 0.25) is 5.02 Å². The van der Waals surface area contributed by atoms with Crippen molar-refractivity contribution in [3.8, 4) is 5.88 Å². The van der Waals surface area contributed by atoms with Gasteiger partial charge in [-0.25, -0.2) is 9.37 Å². The Kier molecular flexibility index (Phi) is 3.79. The number of halogens is 2. The van der Waals surface area contributed by atoms with Crippen molar-refractivity contribution in [2.75, 3.05) is 7.11 Å². The number of hydrogen-bond acceptors (Lipinski definition) is 3. The molecule has 0 aliphatic heterocycles. The Hall–Kier alpha value is -1.65. The predicted octanol–water partition coefficient (Wildman–Crippen LogP) is 2.96. The van der Waals surface area contributed by atoms with Crippen LogP contribution in [0.3, 0.4) is 0 Å². The van der Waals surface area contributed by atoms with E-state index >= 15 is 0 Å². The second kappa shape index (κ2) is 5.33. The maximum absolute atomic E-state index is 13.1. The number of pyridine rings is 1. The summed E-state index contributed by atoms with van der Waals surface area (Å²) in [6.45, 7) is 0. The van der Waals surface area contributed by atoms with Gasteiger partial charge in [-0.05, 0) is 24.3 Å². The number of aliphatic hydroxyl groups excluding tert-OH is 1. The van der Waals surface area contributed by atoms with Gasteiger partial charge in [0.2, 0.25) is 5.88 Å². The Morgan fingerprint density at radius 3 is 2.72 bits per heavy atom. The van der Waals surface area contributed by atoms with Crippen molar-refractivity contribution in [1.29, 1.82) is 0 Å². The first-order valence-corrected chi connectivity index (χ1v) is 5.62. The first kappa shape index (κ1) is 12.8. The number of aromatic nitrogens is 1. The first-order chi connectivity index (χ1) is 8.61. The molecule has 0 saturated carbocycles. The third-order valence-corrected chi connectivity index (χ3v) is 2.88. The normalized spacial score (nSPS) is 12.2. The van der Waals surface area contributed by atoms with Crippen LogP contribution in [0.15, 0.2) is 36.5 Å². The standard InChI is InChI=1S/C13H11ClFNO2/c1-18-12-5-2-8(7-16-12)13(17)10-6-9(15)3-4-11(10)14/h2-7,13,17H,1H3. The Morgan fingerprint density at radius 1 is 1.33 bits per heavy atom. The minimum Gasteiger partial charge on any atom is -0.481 e. The van der Waals surface area contributed by atoms with Gasteiger partial charge in [-0.15, -0.1) is 0 Å². The fourth-order valence-corrected chi connectivity index (χ4v) is 1.80. The fourth-order valence-electron chi connectivity index (χ4n) is 1.58. The summed E-state index contributed by atoms with van der Waals surface area (Å²) in [7, 11) is 1.50. The number of hydrogen-bond donors (Lipinski definition) is 1. The first-order valence-electron chi connectivity index (χ1n) is 5.25.